The van der Waals surface area contributed by atoms with E-state index in [1.165, 1.54) is 25.3 Å². The number of rotatable bonds is 4. The Kier molecular flexibility index (Phi) is 3.95. The van der Waals surface area contributed by atoms with Gasteiger partial charge in [-0.15, -0.1) is 0 Å². The molecule has 0 amide bonds. The van der Waals surface area contributed by atoms with Crippen molar-refractivity contribution in [3.05, 3.63) is 41.4 Å². The number of nitrogens with zero attached hydrogens (tertiary/aromatic N) is 1. The number of nitrogens with one attached hydrogen (secondary N) is 1. The molecule has 1 aromatic carbocycles. The average molecular weight is 265 g/mol. The van der Waals surface area contributed by atoms with E-state index in [0.717, 1.165) is 12.8 Å². The summed E-state index contributed by atoms with van der Waals surface area (Å²) in [6.07, 6.45) is 3.21. The summed E-state index contributed by atoms with van der Waals surface area (Å²) < 4.78 is 27.3. The largest absolute Gasteiger partial charge is 0.341 e. The van der Waals surface area contributed by atoms with Crippen LogP contribution in [0.3, 0.4) is 0 Å². The van der Waals surface area contributed by atoms with Gasteiger partial charge in [0, 0.05) is 5.56 Å². The Morgan fingerprint density at radius 3 is 2.74 bits per heavy atom. The zero-order valence-electron chi connectivity index (χ0n) is 11.0. The lowest BCUT2D eigenvalue weighted by Crippen LogP contribution is -2.11. The molecular weight excluding hydrogens is 248 g/mol. The molecule has 1 unspecified atom stereocenters. The van der Waals surface area contributed by atoms with Crippen molar-refractivity contribution in [2.45, 2.75) is 32.7 Å². The lowest BCUT2D eigenvalue weighted by molar-refractivity contribution is 0.594. The molecule has 0 bridgehead atoms. The van der Waals surface area contributed by atoms with Gasteiger partial charge < -0.3 is 10.7 Å². The maximum absolute atomic E-state index is 13.8. The Morgan fingerprint density at radius 1 is 1.32 bits per heavy atom. The van der Waals surface area contributed by atoms with Crippen molar-refractivity contribution in [1.29, 1.82) is 0 Å². The fraction of sp³-hybridized carbons (Fsp3) is 0.357. The zero-order valence-corrected chi connectivity index (χ0v) is 11.0. The van der Waals surface area contributed by atoms with Gasteiger partial charge in [0.05, 0.1) is 17.9 Å². The molecule has 0 spiro atoms. The Morgan fingerprint density at radius 2 is 2.05 bits per heavy atom. The van der Waals surface area contributed by atoms with Crippen molar-refractivity contribution < 1.29 is 8.78 Å². The standard InChI is InChI=1S/C14H17F2N3/c1-3-4-12(17)14-18-7-13(19-14)9-6-10(15)8(2)5-11(9)16/h5-7,12H,3-4,17H2,1-2H3,(H,18,19). The van der Waals surface area contributed by atoms with Gasteiger partial charge in [-0.25, -0.2) is 13.8 Å². The third-order valence-corrected chi connectivity index (χ3v) is 3.08. The van der Waals surface area contributed by atoms with Crippen LogP contribution in [0.1, 0.15) is 37.2 Å². The highest BCUT2D eigenvalue weighted by molar-refractivity contribution is 5.60. The number of halogens is 2. The number of H-pyrrole nitrogens is 1. The number of benzene rings is 1. The lowest BCUT2D eigenvalue weighted by Gasteiger charge is -2.06. The van der Waals surface area contributed by atoms with Crippen molar-refractivity contribution in [2.75, 3.05) is 0 Å². The number of hydrogen-bond donors (Lipinski definition) is 2. The molecule has 0 saturated carbocycles. The topological polar surface area (TPSA) is 54.7 Å². The van der Waals surface area contributed by atoms with Gasteiger partial charge in [0.1, 0.15) is 17.5 Å². The van der Waals surface area contributed by atoms with Crippen molar-refractivity contribution in [3.63, 3.8) is 0 Å². The van der Waals surface area contributed by atoms with E-state index >= 15 is 0 Å². The van der Waals surface area contributed by atoms with Crippen LogP contribution in [0.4, 0.5) is 8.78 Å². The first kappa shape index (κ1) is 13.7. The van der Waals surface area contributed by atoms with Crippen molar-refractivity contribution in [1.82, 2.24) is 9.97 Å². The molecule has 102 valence electrons. The highest BCUT2D eigenvalue weighted by Gasteiger charge is 2.14. The minimum Gasteiger partial charge on any atom is -0.341 e. The van der Waals surface area contributed by atoms with Crippen molar-refractivity contribution in [3.8, 4) is 11.3 Å². The fourth-order valence-corrected chi connectivity index (χ4v) is 1.96. The Bertz CT molecular complexity index is 578. The van der Waals surface area contributed by atoms with Crippen LogP contribution in [-0.4, -0.2) is 9.97 Å². The van der Waals surface area contributed by atoms with Crippen LogP contribution in [0.15, 0.2) is 18.3 Å². The first-order chi connectivity index (χ1) is 9.02. The normalized spacial score (nSPS) is 12.7. The predicted molar refractivity (Wildman–Crippen MR) is 70.5 cm³/mol. The molecule has 3 N–H and O–H groups in total. The minimum atomic E-state index is -0.474. The first-order valence-electron chi connectivity index (χ1n) is 6.29. The second-order valence-corrected chi connectivity index (χ2v) is 4.66. The van der Waals surface area contributed by atoms with Crippen LogP contribution in [0.5, 0.6) is 0 Å². The van der Waals surface area contributed by atoms with Crippen LogP contribution in [0.25, 0.3) is 11.3 Å². The van der Waals surface area contributed by atoms with Crippen molar-refractivity contribution >= 4 is 0 Å². The molecule has 0 saturated heterocycles. The SMILES string of the molecule is CCCC(N)c1ncc(-c2cc(F)c(C)cc2F)[nH]1. The maximum atomic E-state index is 13.8. The number of imidazole rings is 1. The van der Waals surface area contributed by atoms with Crippen LogP contribution in [0, 0.1) is 18.6 Å². The quantitative estimate of drug-likeness (QED) is 0.889. The molecular formula is C14H17F2N3. The van der Waals surface area contributed by atoms with Gasteiger partial charge >= 0.3 is 0 Å². The van der Waals surface area contributed by atoms with Crippen LogP contribution >= 0.6 is 0 Å². The van der Waals surface area contributed by atoms with E-state index in [4.69, 9.17) is 5.73 Å². The molecule has 1 atom stereocenters. The third kappa shape index (κ3) is 2.81. The number of aryl methyl sites for hydroxylation is 1. The smallest absolute Gasteiger partial charge is 0.133 e. The number of nitrogens with two attached hydrogens (primary N) is 1. The minimum absolute atomic E-state index is 0.172. The van der Waals surface area contributed by atoms with Gasteiger partial charge in [-0.3, -0.25) is 0 Å². The summed E-state index contributed by atoms with van der Waals surface area (Å²) in [7, 11) is 0. The summed E-state index contributed by atoms with van der Waals surface area (Å²) in [5.41, 5.74) is 6.82. The van der Waals surface area contributed by atoms with Gasteiger partial charge in [0.15, 0.2) is 0 Å². The molecule has 0 aliphatic heterocycles. The molecule has 0 aliphatic carbocycles. The van der Waals surface area contributed by atoms with E-state index < -0.39 is 11.6 Å². The number of aromatic nitrogens is 2. The molecule has 0 aliphatic rings. The summed E-state index contributed by atoms with van der Waals surface area (Å²) in [5.74, 6) is -0.319. The summed E-state index contributed by atoms with van der Waals surface area (Å²) in [5, 5.41) is 0. The van der Waals surface area contributed by atoms with Gasteiger partial charge in [0.25, 0.3) is 0 Å². The number of aromatic amines is 1. The highest BCUT2D eigenvalue weighted by Crippen LogP contribution is 2.25. The Hall–Kier alpha value is -1.75. The molecule has 3 nitrogen and oxygen atoms in total. The van der Waals surface area contributed by atoms with E-state index in [0.29, 0.717) is 11.5 Å². The molecule has 2 aromatic rings. The van der Waals surface area contributed by atoms with Gasteiger partial charge in [0.2, 0.25) is 0 Å². The Labute approximate surface area is 110 Å². The molecule has 1 aromatic heterocycles. The summed E-state index contributed by atoms with van der Waals surface area (Å²) in [6.45, 7) is 3.55. The van der Waals surface area contributed by atoms with E-state index in [1.807, 2.05) is 6.92 Å². The summed E-state index contributed by atoms with van der Waals surface area (Å²) in [4.78, 5) is 7.09. The van der Waals surface area contributed by atoms with Gasteiger partial charge in [-0.1, -0.05) is 13.3 Å². The van der Waals surface area contributed by atoms with Crippen LogP contribution in [-0.2, 0) is 0 Å². The maximum Gasteiger partial charge on any atom is 0.133 e. The second kappa shape index (κ2) is 5.48. The van der Waals surface area contributed by atoms with E-state index in [9.17, 15) is 8.78 Å². The van der Waals surface area contributed by atoms with Crippen LogP contribution < -0.4 is 5.73 Å². The van der Waals surface area contributed by atoms with Gasteiger partial charge in [-0.05, 0) is 31.0 Å². The van der Waals surface area contributed by atoms with Crippen molar-refractivity contribution in [2.24, 2.45) is 5.73 Å². The second-order valence-electron chi connectivity index (χ2n) is 4.66. The Balaban J connectivity index is 2.35. The van der Waals surface area contributed by atoms with E-state index in [1.54, 1.807) is 0 Å². The molecule has 0 fully saturated rings. The predicted octanol–water partition coefficient (Wildman–Crippen LogP) is 3.46. The molecule has 0 radical (unpaired) electrons. The lowest BCUT2D eigenvalue weighted by atomic mass is 10.1. The monoisotopic (exact) mass is 265 g/mol. The first-order valence-corrected chi connectivity index (χ1v) is 6.29. The highest BCUT2D eigenvalue weighted by atomic mass is 19.1. The average Bonchev–Trinajstić information content (AvgIpc) is 2.83. The molecule has 2 rings (SSSR count). The summed E-state index contributed by atoms with van der Waals surface area (Å²) in [6, 6.07) is 2.14. The van der Waals surface area contributed by atoms with Crippen LogP contribution in [0.2, 0.25) is 0 Å². The summed E-state index contributed by atoms with van der Waals surface area (Å²) >= 11 is 0. The fourth-order valence-electron chi connectivity index (χ4n) is 1.96. The van der Waals surface area contributed by atoms with Gasteiger partial charge in [-0.2, -0.15) is 0 Å². The zero-order chi connectivity index (χ0) is 14.0. The number of hydrogen-bond acceptors (Lipinski definition) is 2. The molecule has 5 heteroatoms. The molecule has 19 heavy (non-hydrogen) atoms. The van der Waals surface area contributed by atoms with E-state index in [-0.39, 0.29) is 17.2 Å². The molecule has 1 heterocycles. The third-order valence-electron chi connectivity index (χ3n) is 3.08. The van der Waals surface area contributed by atoms with E-state index in [2.05, 4.69) is 9.97 Å².